The van der Waals surface area contributed by atoms with Crippen molar-refractivity contribution < 1.29 is 4.39 Å². The molecule has 1 fully saturated rings. The van der Waals surface area contributed by atoms with Crippen LogP contribution in [0.2, 0.25) is 0 Å². The Labute approximate surface area is 114 Å². The lowest BCUT2D eigenvalue weighted by atomic mass is 9.86. The van der Waals surface area contributed by atoms with Gasteiger partial charge in [-0.25, -0.2) is 4.39 Å². The molecule has 0 saturated heterocycles. The Morgan fingerprint density at radius 2 is 2.00 bits per heavy atom. The summed E-state index contributed by atoms with van der Waals surface area (Å²) in [5.41, 5.74) is 1.07. The molecule has 0 heterocycles. The number of nitriles is 1. The SMILES string of the molecule is CC1CCC(N(C)Cc2ccc(C#N)cc2F)CC1. The highest BCUT2D eigenvalue weighted by atomic mass is 19.1. The Morgan fingerprint density at radius 1 is 1.32 bits per heavy atom. The largest absolute Gasteiger partial charge is 0.299 e. The molecule has 0 radical (unpaired) electrons. The molecule has 0 bridgehead atoms. The highest BCUT2D eigenvalue weighted by Gasteiger charge is 2.22. The van der Waals surface area contributed by atoms with Crippen molar-refractivity contribution in [3.05, 3.63) is 35.1 Å². The van der Waals surface area contributed by atoms with Gasteiger partial charge in [-0.15, -0.1) is 0 Å². The smallest absolute Gasteiger partial charge is 0.129 e. The summed E-state index contributed by atoms with van der Waals surface area (Å²) in [5.74, 6) is 0.561. The van der Waals surface area contributed by atoms with Gasteiger partial charge in [0.25, 0.3) is 0 Å². The molecule has 102 valence electrons. The van der Waals surface area contributed by atoms with E-state index in [4.69, 9.17) is 5.26 Å². The van der Waals surface area contributed by atoms with Gasteiger partial charge < -0.3 is 0 Å². The summed E-state index contributed by atoms with van der Waals surface area (Å²) in [6, 6.07) is 7.27. The third-order valence-corrected chi connectivity index (χ3v) is 4.21. The molecule has 2 rings (SSSR count). The van der Waals surface area contributed by atoms with Crippen LogP contribution in [-0.2, 0) is 6.54 Å². The van der Waals surface area contributed by atoms with Crippen molar-refractivity contribution in [1.29, 1.82) is 5.26 Å². The van der Waals surface area contributed by atoms with E-state index in [9.17, 15) is 4.39 Å². The third-order valence-electron chi connectivity index (χ3n) is 4.21. The van der Waals surface area contributed by atoms with Gasteiger partial charge in [-0.2, -0.15) is 5.26 Å². The molecule has 1 aliphatic carbocycles. The van der Waals surface area contributed by atoms with Gasteiger partial charge >= 0.3 is 0 Å². The van der Waals surface area contributed by atoms with E-state index in [1.165, 1.54) is 31.7 Å². The first-order valence-electron chi connectivity index (χ1n) is 6.99. The normalized spacial score (nSPS) is 23.3. The van der Waals surface area contributed by atoms with Gasteiger partial charge in [-0.1, -0.05) is 13.0 Å². The second-order valence-corrected chi connectivity index (χ2v) is 5.75. The fourth-order valence-corrected chi connectivity index (χ4v) is 2.83. The summed E-state index contributed by atoms with van der Waals surface area (Å²) in [5, 5.41) is 8.74. The predicted molar refractivity (Wildman–Crippen MR) is 74.0 cm³/mol. The third kappa shape index (κ3) is 3.54. The summed E-state index contributed by atoms with van der Waals surface area (Å²) in [4.78, 5) is 2.25. The van der Waals surface area contributed by atoms with Crippen LogP contribution >= 0.6 is 0 Å². The van der Waals surface area contributed by atoms with Crippen molar-refractivity contribution in [3.63, 3.8) is 0 Å². The van der Waals surface area contributed by atoms with E-state index in [1.807, 2.05) is 6.07 Å². The zero-order chi connectivity index (χ0) is 13.8. The van der Waals surface area contributed by atoms with Crippen LogP contribution in [0.3, 0.4) is 0 Å². The highest BCUT2D eigenvalue weighted by molar-refractivity contribution is 5.32. The molecule has 1 aromatic carbocycles. The fraction of sp³-hybridized carbons (Fsp3) is 0.562. The number of nitrogens with zero attached hydrogens (tertiary/aromatic N) is 2. The molecule has 0 aromatic heterocycles. The molecule has 0 atom stereocenters. The van der Waals surface area contributed by atoms with E-state index in [1.54, 1.807) is 12.1 Å². The average molecular weight is 260 g/mol. The second kappa shape index (κ2) is 6.16. The number of rotatable bonds is 3. The molecule has 3 heteroatoms. The van der Waals surface area contributed by atoms with E-state index >= 15 is 0 Å². The van der Waals surface area contributed by atoms with Gasteiger partial charge in [0.1, 0.15) is 5.82 Å². The van der Waals surface area contributed by atoms with Crippen molar-refractivity contribution in [2.45, 2.75) is 45.2 Å². The van der Waals surface area contributed by atoms with Crippen LogP contribution in [0.1, 0.15) is 43.7 Å². The fourth-order valence-electron chi connectivity index (χ4n) is 2.83. The monoisotopic (exact) mass is 260 g/mol. The van der Waals surface area contributed by atoms with Crippen molar-refractivity contribution in [1.82, 2.24) is 4.90 Å². The molecule has 0 amide bonds. The van der Waals surface area contributed by atoms with Gasteiger partial charge in [0.15, 0.2) is 0 Å². The lowest BCUT2D eigenvalue weighted by Crippen LogP contribution is -2.34. The first kappa shape index (κ1) is 14.0. The number of hydrogen-bond donors (Lipinski definition) is 0. The first-order chi connectivity index (χ1) is 9.10. The van der Waals surface area contributed by atoms with Gasteiger partial charge in [0, 0.05) is 18.2 Å². The van der Waals surface area contributed by atoms with Gasteiger partial charge in [-0.05, 0) is 50.8 Å². The topological polar surface area (TPSA) is 27.0 Å². The van der Waals surface area contributed by atoms with Crippen molar-refractivity contribution in [2.24, 2.45) is 5.92 Å². The maximum absolute atomic E-state index is 13.8. The maximum atomic E-state index is 13.8. The Hall–Kier alpha value is -1.40. The maximum Gasteiger partial charge on any atom is 0.129 e. The van der Waals surface area contributed by atoms with Crippen LogP contribution in [0.4, 0.5) is 4.39 Å². The van der Waals surface area contributed by atoms with E-state index < -0.39 is 0 Å². The van der Waals surface area contributed by atoms with Crippen molar-refractivity contribution in [2.75, 3.05) is 7.05 Å². The zero-order valence-electron chi connectivity index (χ0n) is 11.7. The standard InChI is InChI=1S/C16H21FN2/c1-12-3-7-15(8-4-12)19(2)11-14-6-5-13(10-18)9-16(14)17/h5-6,9,12,15H,3-4,7-8,11H2,1-2H3. The molecule has 0 aliphatic heterocycles. The number of halogens is 1. The molecule has 0 spiro atoms. The van der Waals surface area contributed by atoms with E-state index in [-0.39, 0.29) is 5.82 Å². The summed E-state index contributed by atoms with van der Waals surface area (Å²) in [6.45, 7) is 2.92. The number of hydrogen-bond acceptors (Lipinski definition) is 2. The minimum atomic E-state index is -0.268. The zero-order valence-corrected chi connectivity index (χ0v) is 11.7. The van der Waals surface area contributed by atoms with Gasteiger partial charge in [0.05, 0.1) is 11.6 Å². The highest BCUT2D eigenvalue weighted by Crippen LogP contribution is 2.27. The lowest BCUT2D eigenvalue weighted by molar-refractivity contribution is 0.162. The number of benzene rings is 1. The van der Waals surface area contributed by atoms with Crippen LogP contribution in [0, 0.1) is 23.1 Å². The predicted octanol–water partition coefficient (Wildman–Crippen LogP) is 3.71. The van der Waals surface area contributed by atoms with Crippen LogP contribution < -0.4 is 0 Å². The van der Waals surface area contributed by atoms with Crippen LogP contribution in [0.5, 0.6) is 0 Å². The molecule has 2 nitrogen and oxygen atoms in total. The second-order valence-electron chi connectivity index (χ2n) is 5.75. The molecule has 19 heavy (non-hydrogen) atoms. The minimum absolute atomic E-state index is 0.268. The Bertz CT molecular complexity index is 470. The molecule has 1 aromatic rings. The van der Waals surface area contributed by atoms with Gasteiger partial charge in [0.2, 0.25) is 0 Å². The Morgan fingerprint density at radius 3 is 2.58 bits per heavy atom. The van der Waals surface area contributed by atoms with Crippen LogP contribution in [0.25, 0.3) is 0 Å². The first-order valence-corrected chi connectivity index (χ1v) is 6.99. The molecule has 1 saturated carbocycles. The Balaban J connectivity index is 1.99. The molecular formula is C16H21FN2. The van der Waals surface area contributed by atoms with Gasteiger partial charge in [-0.3, -0.25) is 4.90 Å². The quantitative estimate of drug-likeness (QED) is 0.828. The molecule has 0 N–H and O–H groups in total. The van der Waals surface area contributed by atoms with E-state index in [2.05, 4.69) is 18.9 Å². The minimum Gasteiger partial charge on any atom is -0.299 e. The summed E-state index contributed by atoms with van der Waals surface area (Å²) >= 11 is 0. The summed E-state index contributed by atoms with van der Waals surface area (Å²) < 4.78 is 13.8. The molecule has 1 aliphatic rings. The van der Waals surface area contributed by atoms with Crippen LogP contribution in [0.15, 0.2) is 18.2 Å². The average Bonchev–Trinajstić information content (AvgIpc) is 2.41. The van der Waals surface area contributed by atoms with E-state index in [0.29, 0.717) is 23.7 Å². The summed E-state index contributed by atoms with van der Waals surface area (Å²) in [7, 11) is 2.07. The molecule has 0 unspecified atom stereocenters. The summed E-state index contributed by atoms with van der Waals surface area (Å²) in [6.07, 6.45) is 4.95. The Kier molecular flexibility index (Phi) is 4.55. The van der Waals surface area contributed by atoms with E-state index in [0.717, 1.165) is 5.92 Å². The molecular weight excluding hydrogens is 239 g/mol. The van der Waals surface area contributed by atoms with Crippen LogP contribution in [-0.4, -0.2) is 18.0 Å². The lowest BCUT2D eigenvalue weighted by Gasteiger charge is -2.33. The van der Waals surface area contributed by atoms with Crippen molar-refractivity contribution in [3.8, 4) is 6.07 Å². The van der Waals surface area contributed by atoms with Crippen molar-refractivity contribution >= 4 is 0 Å².